The molecular weight excluding hydrogens is 356 g/mol. The van der Waals surface area contributed by atoms with Gasteiger partial charge in [0.15, 0.2) is 6.04 Å². The Morgan fingerprint density at radius 3 is 1.88 bits per heavy atom. The molecule has 0 aromatic carbocycles. The van der Waals surface area contributed by atoms with Crippen molar-refractivity contribution < 1.29 is 44.4 Å². The van der Waals surface area contributed by atoms with Crippen LogP contribution in [-0.4, -0.2) is 87.5 Å². The second-order valence-electron chi connectivity index (χ2n) is 5.23. The van der Waals surface area contributed by atoms with E-state index in [2.05, 4.69) is 5.32 Å². The first-order valence-corrected chi connectivity index (χ1v) is 7.37. The van der Waals surface area contributed by atoms with Crippen LogP contribution in [0.5, 0.6) is 0 Å². The van der Waals surface area contributed by atoms with Crippen LogP contribution in [0.3, 0.4) is 0 Å². The molecule has 0 bridgehead atoms. The molecule has 0 saturated carbocycles. The minimum absolute atomic E-state index is 0.475. The van der Waals surface area contributed by atoms with Gasteiger partial charge < -0.3 is 42.1 Å². The number of aliphatic hydroxyl groups excluding tert-OH is 2. The van der Waals surface area contributed by atoms with Gasteiger partial charge in [0.05, 0.1) is 25.7 Å². The summed E-state index contributed by atoms with van der Waals surface area (Å²) in [7, 11) is 0. The highest BCUT2D eigenvalue weighted by molar-refractivity contribution is 5.95. The quantitative estimate of drug-likeness (QED) is 0.171. The van der Waals surface area contributed by atoms with E-state index >= 15 is 0 Å². The minimum Gasteiger partial charge on any atom is -0.481 e. The second-order valence-corrected chi connectivity index (χ2v) is 5.23. The highest BCUT2D eigenvalue weighted by Gasteiger charge is 2.32. The van der Waals surface area contributed by atoms with E-state index in [1.807, 2.05) is 10.6 Å². The monoisotopic (exact) mass is 378 g/mol. The van der Waals surface area contributed by atoms with Crippen molar-refractivity contribution >= 4 is 29.7 Å². The maximum Gasteiger partial charge on any atom is 0.328 e. The van der Waals surface area contributed by atoms with Gasteiger partial charge >= 0.3 is 11.9 Å². The zero-order valence-corrected chi connectivity index (χ0v) is 13.8. The van der Waals surface area contributed by atoms with Crippen molar-refractivity contribution in [2.24, 2.45) is 5.73 Å². The normalized spacial score (nSPS) is 15.1. The summed E-state index contributed by atoms with van der Waals surface area (Å²) in [5.41, 5.74) is 5.06. The van der Waals surface area contributed by atoms with Crippen LogP contribution in [0.2, 0.25) is 0 Å². The van der Waals surface area contributed by atoms with E-state index in [-0.39, 0.29) is 0 Å². The molecule has 0 radical (unpaired) electrons. The van der Waals surface area contributed by atoms with Crippen LogP contribution in [0.15, 0.2) is 0 Å². The molecule has 0 aromatic rings. The van der Waals surface area contributed by atoms with Crippen LogP contribution in [-0.2, 0) is 24.0 Å². The number of hydrogen-bond acceptors (Lipinski definition) is 8. The summed E-state index contributed by atoms with van der Waals surface area (Å²) in [6.45, 7) is -0.240. The maximum absolute atomic E-state index is 12.1. The van der Waals surface area contributed by atoms with Gasteiger partial charge in [0.2, 0.25) is 17.7 Å². The van der Waals surface area contributed by atoms with Crippen LogP contribution >= 0.6 is 0 Å². The maximum atomic E-state index is 12.1. The number of aliphatic hydroxyl groups is 2. The lowest BCUT2D eigenvalue weighted by atomic mass is 10.1. The number of rotatable bonds is 11. The van der Waals surface area contributed by atoms with Gasteiger partial charge in [-0.25, -0.2) is 4.79 Å². The Balaban J connectivity index is 5.20. The van der Waals surface area contributed by atoms with Gasteiger partial charge in [-0.3, -0.25) is 19.2 Å². The lowest BCUT2D eigenvalue weighted by Crippen LogP contribution is -2.58. The Morgan fingerprint density at radius 2 is 1.50 bits per heavy atom. The fraction of sp³-hybridized carbons (Fsp3) is 0.615. The van der Waals surface area contributed by atoms with Crippen molar-refractivity contribution in [2.75, 3.05) is 13.2 Å². The molecule has 13 nitrogen and oxygen atoms in total. The lowest BCUT2D eigenvalue weighted by molar-refractivity contribution is -0.146. The molecule has 0 heterocycles. The van der Waals surface area contributed by atoms with E-state index in [1.54, 1.807) is 0 Å². The van der Waals surface area contributed by atoms with E-state index in [0.29, 0.717) is 0 Å². The largest absolute Gasteiger partial charge is 0.481 e. The number of carbonyl (C=O) groups excluding carboxylic acids is 3. The Labute approximate surface area is 147 Å². The molecule has 0 spiro atoms. The van der Waals surface area contributed by atoms with Crippen molar-refractivity contribution in [3.63, 3.8) is 0 Å². The van der Waals surface area contributed by atoms with Crippen LogP contribution < -0.4 is 21.7 Å². The summed E-state index contributed by atoms with van der Waals surface area (Å²) in [5.74, 6) is -6.10. The van der Waals surface area contributed by atoms with E-state index in [4.69, 9.17) is 21.1 Å². The third-order valence-corrected chi connectivity index (χ3v) is 3.08. The molecular formula is C13H22N4O9. The van der Waals surface area contributed by atoms with E-state index in [0.717, 1.165) is 6.92 Å². The number of carbonyl (C=O) groups is 5. The summed E-state index contributed by atoms with van der Waals surface area (Å²) in [6.07, 6.45) is -2.40. The number of aliphatic carboxylic acids is 2. The fourth-order valence-corrected chi connectivity index (χ4v) is 1.75. The Kier molecular flexibility index (Phi) is 9.80. The summed E-state index contributed by atoms with van der Waals surface area (Å²) < 4.78 is 0. The van der Waals surface area contributed by atoms with Crippen molar-refractivity contribution in [3.8, 4) is 0 Å². The molecule has 0 aliphatic rings. The molecule has 0 aliphatic carbocycles. The van der Waals surface area contributed by atoms with Crippen LogP contribution in [0.25, 0.3) is 0 Å². The molecule has 26 heavy (non-hydrogen) atoms. The number of carboxylic acids is 2. The molecule has 13 heteroatoms. The second kappa shape index (κ2) is 11.0. The van der Waals surface area contributed by atoms with Gasteiger partial charge in [0, 0.05) is 0 Å². The number of amides is 3. The zero-order valence-electron chi connectivity index (χ0n) is 13.8. The molecule has 0 aliphatic heterocycles. The Hall–Kier alpha value is -2.77. The van der Waals surface area contributed by atoms with Crippen molar-refractivity contribution in [1.29, 1.82) is 0 Å². The third-order valence-electron chi connectivity index (χ3n) is 3.08. The van der Waals surface area contributed by atoms with Crippen molar-refractivity contribution in [3.05, 3.63) is 0 Å². The first-order chi connectivity index (χ1) is 12.0. The van der Waals surface area contributed by atoms with E-state index < -0.39 is 73.5 Å². The van der Waals surface area contributed by atoms with E-state index in [1.165, 1.54) is 0 Å². The SMILES string of the molecule is CC(O)C(NC(=O)C(CC(=O)O)NC(=O)C(CO)NC(=O)CN)C(=O)O. The molecule has 4 atom stereocenters. The van der Waals surface area contributed by atoms with Gasteiger partial charge in [-0.1, -0.05) is 0 Å². The predicted molar refractivity (Wildman–Crippen MR) is 83.5 cm³/mol. The summed E-state index contributed by atoms with van der Waals surface area (Å²) >= 11 is 0. The summed E-state index contributed by atoms with van der Waals surface area (Å²) in [6, 6.07) is -4.95. The smallest absolute Gasteiger partial charge is 0.328 e. The highest BCUT2D eigenvalue weighted by atomic mass is 16.4. The fourth-order valence-electron chi connectivity index (χ4n) is 1.75. The van der Waals surface area contributed by atoms with Gasteiger partial charge in [-0.05, 0) is 6.92 Å². The van der Waals surface area contributed by atoms with Crippen molar-refractivity contribution in [1.82, 2.24) is 16.0 Å². The number of carboxylic acid groups (broad SMARTS) is 2. The van der Waals surface area contributed by atoms with Gasteiger partial charge in [0.1, 0.15) is 12.1 Å². The number of hydrogen-bond donors (Lipinski definition) is 8. The van der Waals surface area contributed by atoms with Crippen LogP contribution in [0.4, 0.5) is 0 Å². The molecule has 9 N–H and O–H groups in total. The van der Waals surface area contributed by atoms with Gasteiger partial charge in [-0.2, -0.15) is 0 Å². The summed E-state index contributed by atoms with van der Waals surface area (Å²) in [5, 5.41) is 42.2. The Bertz CT molecular complexity index is 552. The molecule has 0 saturated heterocycles. The van der Waals surface area contributed by atoms with Gasteiger partial charge in [-0.15, -0.1) is 0 Å². The zero-order chi connectivity index (χ0) is 20.4. The molecule has 148 valence electrons. The van der Waals surface area contributed by atoms with Crippen molar-refractivity contribution in [2.45, 2.75) is 37.6 Å². The summed E-state index contributed by atoms with van der Waals surface area (Å²) in [4.78, 5) is 57.1. The third kappa shape index (κ3) is 7.87. The average molecular weight is 378 g/mol. The molecule has 3 amide bonds. The average Bonchev–Trinajstić information content (AvgIpc) is 2.54. The highest BCUT2D eigenvalue weighted by Crippen LogP contribution is 1.99. The minimum atomic E-state index is -1.73. The first kappa shape index (κ1) is 23.2. The lowest BCUT2D eigenvalue weighted by Gasteiger charge is -2.23. The molecule has 4 unspecified atom stereocenters. The molecule has 0 aromatic heterocycles. The number of nitrogens with one attached hydrogen (secondary N) is 3. The van der Waals surface area contributed by atoms with Crippen LogP contribution in [0.1, 0.15) is 13.3 Å². The first-order valence-electron chi connectivity index (χ1n) is 7.37. The van der Waals surface area contributed by atoms with Gasteiger partial charge in [0.25, 0.3) is 0 Å². The van der Waals surface area contributed by atoms with E-state index in [9.17, 15) is 29.1 Å². The van der Waals surface area contributed by atoms with Crippen LogP contribution in [0, 0.1) is 0 Å². The topological polar surface area (TPSA) is 228 Å². The molecule has 0 rings (SSSR count). The predicted octanol–water partition coefficient (Wildman–Crippen LogP) is -4.67. The molecule has 0 fully saturated rings. The number of nitrogens with two attached hydrogens (primary N) is 1. The Morgan fingerprint density at radius 1 is 0.962 bits per heavy atom. The standard InChI is InChI=1S/C13H22N4O9/c1-5(19)10(13(25)26)17-11(23)6(2-9(21)22)16-12(24)7(4-18)15-8(20)3-14/h5-7,10,18-19H,2-4,14H2,1H3,(H,15,20)(H,16,24)(H,17,23)(H,21,22)(H,25,26).